The number of hydrogen-bond donors (Lipinski definition) is 1. The van der Waals surface area contributed by atoms with Crippen molar-refractivity contribution in [2.75, 3.05) is 25.8 Å². The van der Waals surface area contributed by atoms with Gasteiger partial charge in [-0.15, -0.1) is 0 Å². The van der Waals surface area contributed by atoms with Gasteiger partial charge in [0.15, 0.2) is 16.7 Å². The van der Waals surface area contributed by atoms with Crippen LogP contribution in [0.2, 0.25) is 0 Å². The third-order valence-electron chi connectivity index (χ3n) is 6.16. The number of esters is 1. The summed E-state index contributed by atoms with van der Waals surface area (Å²) >= 11 is 1.22. The smallest absolute Gasteiger partial charge is 0.337 e. The second kappa shape index (κ2) is 12.1. The average molecular weight is 562 g/mol. The van der Waals surface area contributed by atoms with Crippen LogP contribution >= 0.6 is 11.8 Å². The topological polar surface area (TPSA) is 116 Å². The Bertz CT molecular complexity index is 1440. The molecule has 1 saturated heterocycles. The van der Waals surface area contributed by atoms with E-state index in [1.807, 2.05) is 37.3 Å². The minimum atomic E-state index is -0.706. The maximum Gasteiger partial charge on any atom is 0.337 e. The molecule has 2 heterocycles. The summed E-state index contributed by atoms with van der Waals surface area (Å²) in [6, 6.07) is 19.1. The Balaban J connectivity index is 1.37. The van der Waals surface area contributed by atoms with E-state index >= 15 is 0 Å². The van der Waals surface area contributed by atoms with Crippen LogP contribution in [-0.4, -0.2) is 53.6 Å². The summed E-state index contributed by atoms with van der Waals surface area (Å²) in [4.78, 5) is 44.6. The molecule has 2 aliphatic rings. The molecule has 1 atom stereocenters. The van der Waals surface area contributed by atoms with E-state index in [0.717, 1.165) is 5.56 Å². The zero-order valence-electron chi connectivity index (χ0n) is 21.9. The zero-order chi connectivity index (χ0) is 28.1. The molecule has 11 heteroatoms. The summed E-state index contributed by atoms with van der Waals surface area (Å²) in [7, 11) is 1.30. The first-order chi connectivity index (χ1) is 19.4. The van der Waals surface area contributed by atoms with E-state index in [1.165, 1.54) is 18.9 Å². The number of rotatable bonds is 8. The standard InChI is InChI=1S/C29H27N3O7S/c1-3-37-22-11-9-21(10-12-22)31-29-32(16-18-4-13-23-24(14-18)39-17-38-23)26(33)15-25(40-29)27(34)30-20-7-5-19(6-8-20)28(35)36-2/h4-14,25H,3,15-17H2,1-2H3,(H,30,34). The predicted octanol–water partition coefficient (Wildman–Crippen LogP) is 4.76. The summed E-state index contributed by atoms with van der Waals surface area (Å²) in [5, 5.41) is 2.53. The van der Waals surface area contributed by atoms with Crippen LogP contribution in [0.15, 0.2) is 71.7 Å². The van der Waals surface area contributed by atoms with Crippen molar-refractivity contribution < 1.29 is 33.3 Å². The minimum absolute atomic E-state index is 0.0103. The number of carbonyl (C=O) groups is 3. The summed E-state index contributed by atoms with van der Waals surface area (Å²) in [6.07, 6.45) is -0.0103. The van der Waals surface area contributed by atoms with Crippen LogP contribution < -0.4 is 19.5 Å². The van der Waals surface area contributed by atoms with E-state index < -0.39 is 11.2 Å². The Hall–Kier alpha value is -4.51. The van der Waals surface area contributed by atoms with Gasteiger partial charge in [0.25, 0.3) is 0 Å². The van der Waals surface area contributed by atoms with E-state index in [0.29, 0.717) is 46.0 Å². The second-order valence-electron chi connectivity index (χ2n) is 8.86. The minimum Gasteiger partial charge on any atom is -0.494 e. The number of ether oxygens (including phenoxy) is 4. The lowest BCUT2D eigenvalue weighted by atomic mass is 10.1. The molecule has 10 nitrogen and oxygen atoms in total. The molecule has 5 rings (SSSR count). The second-order valence-corrected chi connectivity index (χ2v) is 10.0. The molecular formula is C29H27N3O7S. The number of nitrogens with one attached hydrogen (secondary N) is 1. The van der Waals surface area contributed by atoms with Crippen molar-refractivity contribution in [3.05, 3.63) is 77.9 Å². The molecule has 206 valence electrons. The Labute approximate surface area is 235 Å². The van der Waals surface area contributed by atoms with Crippen molar-refractivity contribution in [2.24, 2.45) is 4.99 Å². The highest BCUT2D eigenvalue weighted by Gasteiger charge is 2.36. The highest BCUT2D eigenvalue weighted by molar-refractivity contribution is 8.15. The first-order valence-electron chi connectivity index (χ1n) is 12.6. The monoisotopic (exact) mass is 561 g/mol. The fraction of sp³-hybridized carbons (Fsp3) is 0.241. The van der Waals surface area contributed by atoms with E-state index in [4.69, 9.17) is 23.9 Å². The van der Waals surface area contributed by atoms with Crippen molar-refractivity contribution in [2.45, 2.75) is 25.1 Å². The fourth-order valence-electron chi connectivity index (χ4n) is 4.14. The number of amidine groups is 1. The molecule has 0 aliphatic carbocycles. The lowest BCUT2D eigenvalue weighted by Crippen LogP contribution is -2.44. The number of nitrogens with zero attached hydrogens (tertiary/aromatic N) is 2. The first-order valence-corrected chi connectivity index (χ1v) is 13.5. The van der Waals surface area contributed by atoms with Gasteiger partial charge in [-0.05, 0) is 73.2 Å². The third kappa shape index (κ3) is 6.20. The SMILES string of the molecule is CCOc1ccc(N=C2SC(C(=O)Nc3ccc(C(=O)OC)cc3)CC(=O)N2Cc2ccc3c(c2)OCO3)cc1. The number of benzene rings is 3. The van der Waals surface area contributed by atoms with Gasteiger partial charge >= 0.3 is 5.97 Å². The van der Waals surface area contributed by atoms with Crippen LogP contribution in [0.3, 0.4) is 0 Å². The highest BCUT2D eigenvalue weighted by Crippen LogP contribution is 2.35. The molecule has 0 bridgehead atoms. The van der Waals surface area contributed by atoms with Gasteiger partial charge in [0.1, 0.15) is 11.0 Å². The summed E-state index contributed by atoms with van der Waals surface area (Å²) < 4.78 is 21.1. The number of amides is 2. The van der Waals surface area contributed by atoms with Crippen molar-refractivity contribution >= 4 is 46.1 Å². The van der Waals surface area contributed by atoms with Crippen molar-refractivity contribution in [1.29, 1.82) is 0 Å². The van der Waals surface area contributed by atoms with Crippen LogP contribution in [0.25, 0.3) is 0 Å². The van der Waals surface area contributed by atoms with Gasteiger partial charge in [0.2, 0.25) is 18.6 Å². The fourth-order valence-corrected chi connectivity index (χ4v) is 5.24. The highest BCUT2D eigenvalue weighted by atomic mass is 32.2. The van der Waals surface area contributed by atoms with Crippen molar-refractivity contribution in [1.82, 2.24) is 4.90 Å². The molecule has 3 aromatic rings. The number of carbonyl (C=O) groups excluding carboxylic acids is 3. The van der Waals surface area contributed by atoms with Crippen LogP contribution in [0, 0.1) is 0 Å². The van der Waals surface area contributed by atoms with Crippen molar-refractivity contribution in [3.8, 4) is 17.2 Å². The van der Waals surface area contributed by atoms with Gasteiger partial charge in [-0.3, -0.25) is 14.5 Å². The third-order valence-corrected chi connectivity index (χ3v) is 7.34. The molecule has 3 aromatic carbocycles. The maximum absolute atomic E-state index is 13.4. The van der Waals surface area contributed by atoms with Gasteiger partial charge in [-0.2, -0.15) is 0 Å². The van der Waals surface area contributed by atoms with Gasteiger partial charge in [-0.25, -0.2) is 9.79 Å². The number of hydrogen-bond acceptors (Lipinski definition) is 9. The number of aliphatic imine (C=N–C) groups is 1. The van der Waals surface area contributed by atoms with Crippen LogP contribution in [0.4, 0.5) is 11.4 Å². The molecule has 2 amide bonds. The largest absolute Gasteiger partial charge is 0.494 e. The number of methoxy groups -OCH3 is 1. The van der Waals surface area contributed by atoms with Crippen molar-refractivity contribution in [3.63, 3.8) is 0 Å². The van der Waals surface area contributed by atoms with E-state index in [2.05, 4.69) is 5.32 Å². The normalized spacial score (nSPS) is 17.1. The molecule has 0 spiro atoms. The molecule has 0 radical (unpaired) electrons. The summed E-state index contributed by atoms with van der Waals surface area (Å²) in [5.41, 5.74) is 2.32. The quantitative estimate of drug-likeness (QED) is 0.392. The zero-order valence-corrected chi connectivity index (χ0v) is 22.7. The Morgan fingerprint density at radius 1 is 1.05 bits per heavy atom. The lowest BCUT2D eigenvalue weighted by Gasteiger charge is -2.32. The van der Waals surface area contributed by atoms with E-state index in [9.17, 15) is 14.4 Å². The molecular weight excluding hydrogens is 534 g/mol. The maximum atomic E-state index is 13.4. The van der Waals surface area contributed by atoms with Crippen LogP contribution in [0.1, 0.15) is 29.3 Å². The van der Waals surface area contributed by atoms with E-state index in [-0.39, 0.29) is 31.6 Å². The molecule has 1 N–H and O–H groups in total. The average Bonchev–Trinajstić information content (AvgIpc) is 3.44. The molecule has 0 saturated carbocycles. The van der Waals surface area contributed by atoms with Crippen LogP contribution in [-0.2, 0) is 20.9 Å². The Morgan fingerprint density at radius 2 is 1.80 bits per heavy atom. The Kier molecular flexibility index (Phi) is 8.20. The molecule has 2 aliphatic heterocycles. The Morgan fingerprint density at radius 3 is 2.52 bits per heavy atom. The predicted molar refractivity (Wildman–Crippen MR) is 150 cm³/mol. The number of anilines is 1. The number of thioether (sulfide) groups is 1. The molecule has 40 heavy (non-hydrogen) atoms. The number of fused-ring (bicyclic) bond motifs is 1. The van der Waals surface area contributed by atoms with Gasteiger partial charge in [0, 0.05) is 12.1 Å². The first kappa shape index (κ1) is 27.1. The summed E-state index contributed by atoms with van der Waals surface area (Å²) in [5.74, 6) is 0.946. The molecule has 1 unspecified atom stereocenters. The van der Waals surface area contributed by atoms with Gasteiger partial charge in [0.05, 0.1) is 31.5 Å². The lowest BCUT2D eigenvalue weighted by molar-refractivity contribution is -0.129. The summed E-state index contributed by atoms with van der Waals surface area (Å²) in [6.45, 7) is 2.86. The molecule has 0 aromatic heterocycles. The van der Waals surface area contributed by atoms with Gasteiger partial charge in [-0.1, -0.05) is 17.8 Å². The molecule has 1 fully saturated rings. The van der Waals surface area contributed by atoms with E-state index in [1.54, 1.807) is 41.3 Å². The van der Waals surface area contributed by atoms with Crippen LogP contribution in [0.5, 0.6) is 17.2 Å². The van der Waals surface area contributed by atoms with Gasteiger partial charge < -0.3 is 24.3 Å².